The lowest BCUT2D eigenvalue weighted by Crippen LogP contribution is -2.51. The van der Waals surface area contributed by atoms with Crippen LogP contribution >= 0.6 is 23.2 Å². The Kier molecular flexibility index (Phi) is 10.1. The Morgan fingerprint density at radius 3 is 2.31 bits per heavy atom. The third-order valence-electron chi connectivity index (χ3n) is 5.79. The van der Waals surface area contributed by atoms with Crippen LogP contribution in [0.1, 0.15) is 36.5 Å². The summed E-state index contributed by atoms with van der Waals surface area (Å²) in [4.78, 5) is 28.6. The van der Waals surface area contributed by atoms with Gasteiger partial charge >= 0.3 is 0 Å². The molecule has 0 aromatic heterocycles. The number of nitrogens with one attached hydrogen (secondary N) is 1. The quantitative estimate of drug-likeness (QED) is 0.308. The van der Waals surface area contributed by atoms with Gasteiger partial charge < -0.3 is 10.2 Å². The molecule has 2 amide bonds. The molecule has 0 unspecified atom stereocenters. The maximum atomic E-state index is 14.5. The van der Waals surface area contributed by atoms with Gasteiger partial charge in [0.05, 0.1) is 6.42 Å². The first-order valence-electron chi connectivity index (χ1n) is 11.7. The highest BCUT2D eigenvalue weighted by molar-refractivity contribution is 6.31. The van der Waals surface area contributed by atoms with Crippen molar-refractivity contribution in [2.45, 2.75) is 45.2 Å². The van der Waals surface area contributed by atoms with E-state index in [0.29, 0.717) is 23.6 Å². The second-order valence-corrected chi connectivity index (χ2v) is 9.15. The van der Waals surface area contributed by atoms with E-state index < -0.39 is 17.8 Å². The van der Waals surface area contributed by atoms with Gasteiger partial charge in [0, 0.05) is 35.1 Å². The molecule has 0 saturated heterocycles. The first-order valence-corrected chi connectivity index (χ1v) is 12.4. The predicted octanol–water partition coefficient (Wildman–Crippen LogP) is 6.23. The summed E-state index contributed by atoms with van der Waals surface area (Å²) in [7, 11) is 0. The smallest absolute Gasteiger partial charge is 0.243 e. The van der Waals surface area contributed by atoms with Crippen LogP contribution in [0.15, 0.2) is 72.8 Å². The first kappa shape index (κ1) is 26.7. The summed E-state index contributed by atoms with van der Waals surface area (Å²) in [5, 5.41) is 3.62. The molecule has 0 aliphatic heterocycles. The Morgan fingerprint density at radius 1 is 0.943 bits per heavy atom. The zero-order valence-electron chi connectivity index (χ0n) is 19.6. The molecule has 0 heterocycles. The highest BCUT2D eigenvalue weighted by Crippen LogP contribution is 2.24. The van der Waals surface area contributed by atoms with Crippen molar-refractivity contribution in [2.75, 3.05) is 6.54 Å². The number of carbonyl (C=O) groups is 2. The Balaban J connectivity index is 1.99. The number of amides is 2. The van der Waals surface area contributed by atoms with Crippen LogP contribution in [-0.2, 0) is 29.0 Å². The van der Waals surface area contributed by atoms with Crippen LogP contribution in [0.5, 0.6) is 0 Å². The fourth-order valence-corrected chi connectivity index (χ4v) is 4.25. The molecular formula is C28H29Cl2FN2O2. The highest BCUT2D eigenvalue weighted by atomic mass is 35.5. The molecule has 1 N–H and O–H groups in total. The first-order chi connectivity index (χ1) is 16.9. The third-order valence-corrected chi connectivity index (χ3v) is 6.51. The topological polar surface area (TPSA) is 49.4 Å². The number of benzene rings is 3. The van der Waals surface area contributed by atoms with Crippen LogP contribution in [0.3, 0.4) is 0 Å². The van der Waals surface area contributed by atoms with E-state index in [4.69, 9.17) is 23.2 Å². The average Bonchev–Trinajstić information content (AvgIpc) is 2.85. The standard InChI is InChI=1S/C28H29Cl2FN2O2/c1-2-3-16-32-28(35)26(17-20-10-5-4-6-11-20)33(19-21-12-7-8-13-23(21)29)27(34)18-22-24(30)14-9-15-25(22)31/h4-15,26H,2-3,16-19H2,1H3,(H,32,35)/t26-/m1/s1. The van der Waals surface area contributed by atoms with Crippen molar-refractivity contribution in [3.8, 4) is 0 Å². The van der Waals surface area contributed by atoms with Crippen molar-refractivity contribution in [1.29, 1.82) is 0 Å². The lowest BCUT2D eigenvalue weighted by atomic mass is 10.0. The molecule has 4 nitrogen and oxygen atoms in total. The van der Waals surface area contributed by atoms with Gasteiger partial charge in [0.1, 0.15) is 11.9 Å². The second kappa shape index (κ2) is 13.3. The van der Waals surface area contributed by atoms with Gasteiger partial charge in [-0.3, -0.25) is 9.59 Å². The van der Waals surface area contributed by atoms with E-state index in [2.05, 4.69) is 5.32 Å². The molecule has 7 heteroatoms. The van der Waals surface area contributed by atoms with Crippen LogP contribution in [0.25, 0.3) is 0 Å². The zero-order chi connectivity index (χ0) is 25.2. The van der Waals surface area contributed by atoms with Crippen molar-refractivity contribution < 1.29 is 14.0 Å². The van der Waals surface area contributed by atoms with Crippen molar-refractivity contribution in [3.63, 3.8) is 0 Å². The van der Waals surface area contributed by atoms with Crippen LogP contribution in [-0.4, -0.2) is 29.3 Å². The van der Waals surface area contributed by atoms with Crippen molar-refractivity contribution in [2.24, 2.45) is 0 Å². The summed E-state index contributed by atoms with van der Waals surface area (Å²) in [6.07, 6.45) is 1.79. The van der Waals surface area contributed by atoms with Crippen molar-refractivity contribution in [3.05, 3.63) is 105 Å². The molecule has 35 heavy (non-hydrogen) atoms. The van der Waals surface area contributed by atoms with Crippen LogP contribution < -0.4 is 5.32 Å². The summed E-state index contributed by atoms with van der Waals surface area (Å²) in [6, 6.07) is 20.2. The van der Waals surface area contributed by atoms with Gasteiger partial charge in [-0.05, 0) is 35.7 Å². The van der Waals surface area contributed by atoms with E-state index in [-0.39, 0.29) is 29.5 Å². The van der Waals surface area contributed by atoms with E-state index in [9.17, 15) is 14.0 Å². The lowest BCUT2D eigenvalue weighted by molar-refractivity contribution is -0.140. The SMILES string of the molecule is CCCCNC(=O)[C@@H](Cc1ccccc1)N(Cc1ccccc1Cl)C(=O)Cc1c(F)cccc1Cl. The van der Waals surface area contributed by atoms with Gasteiger partial charge in [0.25, 0.3) is 0 Å². The van der Waals surface area contributed by atoms with E-state index in [1.165, 1.54) is 17.0 Å². The minimum absolute atomic E-state index is 0.100. The van der Waals surface area contributed by atoms with E-state index in [1.807, 2.05) is 49.4 Å². The number of rotatable bonds is 11. The van der Waals surface area contributed by atoms with Gasteiger partial charge in [0.2, 0.25) is 11.8 Å². The molecule has 1 atom stereocenters. The maximum Gasteiger partial charge on any atom is 0.243 e. The van der Waals surface area contributed by atoms with Gasteiger partial charge in [-0.2, -0.15) is 0 Å². The molecule has 0 radical (unpaired) electrons. The summed E-state index contributed by atoms with van der Waals surface area (Å²) >= 11 is 12.6. The molecule has 0 fully saturated rings. The van der Waals surface area contributed by atoms with Crippen molar-refractivity contribution in [1.82, 2.24) is 10.2 Å². The number of nitrogens with zero attached hydrogens (tertiary/aromatic N) is 1. The van der Waals surface area contributed by atoms with E-state index in [0.717, 1.165) is 18.4 Å². The Hall–Kier alpha value is -2.89. The molecule has 0 aliphatic carbocycles. The Morgan fingerprint density at radius 2 is 1.63 bits per heavy atom. The average molecular weight is 515 g/mol. The monoisotopic (exact) mass is 514 g/mol. The van der Waals surface area contributed by atoms with E-state index >= 15 is 0 Å². The number of unbranched alkanes of at least 4 members (excludes halogenated alkanes) is 1. The normalized spacial score (nSPS) is 11.7. The maximum absolute atomic E-state index is 14.5. The van der Waals surface area contributed by atoms with Crippen LogP contribution in [0.2, 0.25) is 10.0 Å². The minimum Gasteiger partial charge on any atom is -0.354 e. The zero-order valence-corrected chi connectivity index (χ0v) is 21.2. The molecule has 3 aromatic rings. The van der Waals surface area contributed by atoms with Gasteiger partial charge in [-0.25, -0.2) is 4.39 Å². The summed E-state index contributed by atoms with van der Waals surface area (Å²) in [5.41, 5.74) is 1.71. The fourth-order valence-electron chi connectivity index (χ4n) is 3.82. The minimum atomic E-state index is -0.816. The predicted molar refractivity (Wildman–Crippen MR) is 139 cm³/mol. The molecule has 0 spiro atoms. The van der Waals surface area contributed by atoms with E-state index in [1.54, 1.807) is 18.2 Å². The van der Waals surface area contributed by atoms with Gasteiger partial charge in [-0.1, -0.05) is 91.1 Å². The summed E-state index contributed by atoms with van der Waals surface area (Å²) in [5.74, 6) is -1.23. The number of hydrogen-bond acceptors (Lipinski definition) is 2. The Labute approximate surface area is 216 Å². The molecule has 0 saturated carbocycles. The molecule has 184 valence electrons. The van der Waals surface area contributed by atoms with Crippen molar-refractivity contribution >= 4 is 35.0 Å². The second-order valence-electron chi connectivity index (χ2n) is 8.34. The molecule has 3 aromatic carbocycles. The summed E-state index contributed by atoms with van der Waals surface area (Å²) in [6.45, 7) is 2.65. The molecule has 0 bridgehead atoms. The highest BCUT2D eigenvalue weighted by Gasteiger charge is 2.31. The van der Waals surface area contributed by atoms with Crippen LogP contribution in [0, 0.1) is 5.82 Å². The largest absolute Gasteiger partial charge is 0.354 e. The van der Waals surface area contributed by atoms with Gasteiger partial charge in [0.15, 0.2) is 0 Å². The number of halogens is 3. The Bertz CT molecular complexity index is 1120. The fraction of sp³-hybridized carbons (Fsp3) is 0.286. The number of hydrogen-bond donors (Lipinski definition) is 1. The van der Waals surface area contributed by atoms with Crippen LogP contribution in [0.4, 0.5) is 4.39 Å². The molecule has 3 rings (SSSR count). The third kappa shape index (κ3) is 7.55. The number of carbonyl (C=O) groups excluding carboxylic acids is 2. The lowest BCUT2D eigenvalue weighted by Gasteiger charge is -2.32. The molecule has 0 aliphatic rings. The summed E-state index contributed by atoms with van der Waals surface area (Å²) < 4.78 is 14.5. The van der Waals surface area contributed by atoms with Gasteiger partial charge in [-0.15, -0.1) is 0 Å². The molecular weight excluding hydrogens is 486 g/mol.